The van der Waals surface area contributed by atoms with Gasteiger partial charge in [0, 0.05) is 13.1 Å². The van der Waals surface area contributed by atoms with Gasteiger partial charge in [-0.1, -0.05) is 55.5 Å². The maximum Gasteiger partial charge on any atom is 0.318 e. The summed E-state index contributed by atoms with van der Waals surface area (Å²) < 4.78 is 0. The highest BCUT2D eigenvalue weighted by atomic mass is 16.2. The summed E-state index contributed by atoms with van der Waals surface area (Å²) in [6.07, 6.45) is 1.97. The molecule has 23 heavy (non-hydrogen) atoms. The van der Waals surface area contributed by atoms with Crippen LogP contribution < -0.4 is 5.32 Å². The summed E-state index contributed by atoms with van der Waals surface area (Å²) in [6, 6.07) is 16.9. The van der Waals surface area contributed by atoms with Gasteiger partial charge in [0.2, 0.25) is 0 Å². The average Bonchev–Trinajstić information content (AvgIpc) is 2.61. The van der Waals surface area contributed by atoms with Crippen molar-refractivity contribution in [1.29, 1.82) is 0 Å². The van der Waals surface area contributed by atoms with Gasteiger partial charge in [-0.3, -0.25) is 0 Å². The number of aryl methyl sites for hydroxylation is 1. The van der Waals surface area contributed by atoms with Crippen LogP contribution in [0.1, 0.15) is 42.1 Å². The Bertz CT molecular complexity index is 678. The van der Waals surface area contributed by atoms with E-state index in [0.717, 1.165) is 24.9 Å². The van der Waals surface area contributed by atoms with Gasteiger partial charge < -0.3 is 10.2 Å². The Morgan fingerprint density at radius 3 is 2.52 bits per heavy atom. The number of carbonyl (C=O) groups is 1. The molecule has 1 heterocycles. The molecule has 3 rings (SSSR count). The Kier molecular flexibility index (Phi) is 4.65. The number of hydrogen-bond acceptors (Lipinski definition) is 1. The quantitative estimate of drug-likeness (QED) is 0.910. The van der Waals surface area contributed by atoms with Gasteiger partial charge in [-0.15, -0.1) is 0 Å². The van der Waals surface area contributed by atoms with Gasteiger partial charge in [0.1, 0.15) is 0 Å². The summed E-state index contributed by atoms with van der Waals surface area (Å²) >= 11 is 0. The molecule has 2 aromatic rings. The van der Waals surface area contributed by atoms with Gasteiger partial charge in [-0.2, -0.15) is 0 Å². The SMILES string of the molecule is CCc1ccc(C(C)NC(=O)N2CCc3ccccc3C2)cc1. The van der Waals surface area contributed by atoms with Crippen molar-refractivity contribution in [3.63, 3.8) is 0 Å². The lowest BCUT2D eigenvalue weighted by molar-refractivity contribution is 0.189. The van der Waals surface area contributed by atoms with E-state index in [1.807, 2.05) is 17.9 Å². The molecule has 0 bridgehead atoms. The fraction of sp³-hybridized carbons (Fsp3) is 0.350. The Hall–Kier alpha value is -2.29. The van der Waals surface area contributed by atoms with E-state index in [1.165, 1.54) is 16.7 Å². The van der Waals surface area contributed by atoms with Crippen molar-refractivity contribution in [3.8, 4) is 0 Å². The highest BCUT2D eigenvalue weighted by Gasteiger charge is 2.21. The largest absolute Gasteiger partial charge is 0.331 e. The highest BCUT2D eigenvalue weighted by molar-refractivity contribution is 5.75. The Labute approximate surface area is 138 Å². The molecule has 0 saturated carbocycles. The molecule has 0 aliphatic carbocycles. The van der Waals surface area contributed by atoms with Crippen molar-refractivity contribution < 1.29 is 4.79 Å². The predicted octanol–water partition coefficient (Wildman–Crippen LogP) is 4.08. The highest BCUT2D eigenvalue weighted by Crippen LogP contribution is 2.20. The number of carbonyl (C=O) groups excluding carboxylic acids is 1. The van der Waals surface area contributed by atoms with E-state index in [0.29, 0.717) is 6.54 Å². The lowest BCUT2D eigenvalue weighted by Gasteiger charge is -2.30. The number of hydrogen-bond donors (Lipinski definition) is 1. The predicted molar refractivity (Wildman–Crippen MR) is 93.3 cm³/mol. The van der Waals surface area contributed by atoms with E-state index >= 15 is 0 Å². The number of urea groups is 1. The van der Waals surface area contributed by atoms with Crippen LogP contribution in [0.15, 0.2) is 48.5 Å². The minimum absolute atomic E-state index is 0.0191. The van der Waals surface area contributed by atoms with E-state index < -0.39 is 0 Å². The first kappa shape index (κ1) is 15.6. The minimum Gasteiger partial charge on any atom is -0.331 e. The molecule has 0 radical (unpaired) electrons. The summed E-state index contributed by atoms with van der Waals surface area (Å²) in [5, 5.41) is 3.12. The third kappa shape index (κ3) is 3.55. The van der Waals surface area contributed by atoms with Crippen molar-refractivity contribution in [3.05, 3.63) is 70.8 Å². The fourth-order valence-electron chi connectivity index (χ4n) is 3.07. The van der Waals surface area contributed by atoms with Gasteiger partial charge in [0.15, 0.2) is 0 Å². The molecule has 0 spiro atoms. The van der Waals surface area contributed by atoms with E-state index in [9.17, 15) is 4.79 Å². The van der Waals surface area contributed by atoms with Crippen LogP contribution >= 0.6 is 0 Å². The van der Waals surface area contributed by atoms with Gasteiger partial charge in [0.25, 0.3) is 0 Å². The van der Waals surface area contributed by atoms with Crippen LogP contribution in [0.3, 0.4) is 0 Å². The van der Waals surface area contributed by atoms with Crippen LogP contribution in [-0.2, 0) is 19.4 Å². The second-order valence-electron chi connectivity index (χ2n) is 6.21. The summed E-state index contributed by atoms with van der Waals surface area (Å²) in [4.78, 5) is 14.4. The van der Waals surface area contributed by atoms with E-state index in [4.69, 9.17) is 0 Å². The zero-order valence-corrected chi connectivity index (χ0v) is 13.9. The number of benzene rings is 2. The lowest BCUT2D eigenvalue weighted by atomic mass is 10.0. The topological polar surface area (TPSA) is 32.3 Å². The lowest BCUT2D eigenvalue weighted by Crippen LogP contribution is -2.43. The van der Waals surface area contributed by atoms with Crippen molar-refractivity contribution >= 4 is 6.03 Å². The van der Waals surface area contributed by atoms with Gasteiger partial charge in [-0.25, -0.2) is 4.79 Å². The number of rotatable bonds is 3. The maximum atomic E-state index is 12.5. The molecule has 3 nitrogen and oxygen atoms in total. The molecule has 120 valence electrons. The Balaban J connectivity index is 1.62. The smallest absolute Gasteiger partial charge is 0.318 e. The molecule has 0 aromatic heterocycles. The second kappa shape index (κ2) is 6.86. The van der Waals surface area contributed by atoms with Gasteiger partial charge in [-0.05, 0) is 42.0 Å². The first-order valence-corrected chi connectivity index (χ1v) is 8.38. The molecule has 1 atom stereocenters. The molecule has 3 heteroatoms. The van der Waals surface area contributed by atoms with E-state index in [1.54, 1.807) is 0 Å². The molecule has 0 fully saturated rings. The summed E-state index contributed by atoms with van der Waals surface area (Å²) in [5.74, 6) is 0. The van der Waals surface area contributed by atoms with Crippen LogP contribution in [0.4, 0.5) is 4.79 Å². The van der Waals surface area contributed by atoms with Gasteiger partial charge >= 0.3 is 6.03 Å². The molecule has 1 aliphatic rings. The van der Waals surface area contributed by atoms with Crippen LogP contribution in [-0.4, -0.2) is 17.5 Å². The van der Waals surface area contributed by atoms with Crippen LogP contribution in [0, 0.1) is 0 Å². The Morgan fingerprint density at radius 1 is 1.13 bits per heavy atom. The molecule has 1 N–H and O–H groups in total. The zero-order valence-electron chi connectivity index (χ0n) is 13.9. The monoisotopic (exact) mass is 308 g/mol. The van der Waals surface area contributed by atoms with Crippen molar-refractivity contribution in [2.75, 3.05) is 6.54 Å². The molecule has 1 aliphatic heterocycles. The number of nitrogens with one attached hydrogen (secondary N) is 1. The fourth-order valence-corrected chi connectivity index (χ4v) is 3.07. The molecule has 1 unspecified atom stereocenters. The summed E-state index contributed by atoms with van der Waals surface area (Å²) in [6.45, 7) is 5.67. The molecule has 2 amide bonds. The van der Waals surface area contributed by atoms with Crippen molar-refractivity contribution in [1.82, 2.24) is 10.2 Å². The third-order valence-corrected chi connectivity index (χ3v) is 4.65. The minimum atomic E-state index is 0.0191. The van der Waals surface area contributed by atoms with Crippen LogP contribution in [0.5, 0.6) is 0 Å². The summed E-state index contributed by atoms with van der Waals surface area (Å²) in [5.41, 5.74) is 5.08. The zero-order chi connectivity index (χ0) is 16.2. The summed E-state index contributed by atoms with van der Waals surface area (Å²) in [7, 11) is 0. The average molecular weight is 308 g/mol. The van der Waals surface area contributed by atoms with E-state index in [-0.39, 0.29) is 12.1 Å². The van der Waals surface area contributed by atoms with E-state index in [2.05, 4.69) is 54.7 Å². The first-order chi connectivity index (χ1) is 11.2. The molecule has 2 aromatic carbocycles. The van der Waals surface area contributed by atoms with Crippen molar-refractivity contribution in [2.45, 2.75) is 39.3 Å². The van der Waals surface area contributed by atoms with Crippen LogP contribution in [0.2, 0.25) is 0 Å². The Morgan fingerprint density at radius 2 is 1.83 bits per heavy atom. The third-order valence-electron chi connectivity index (χ3n) is 4.65. The second-order valence-corrected chi connectivity index (χ2v) is 6.21. The van der Waals surface area contributed by atoms with Crippen molar-refractivity contribution in [2.24, 2.45) is 0 Å². The normalized spacial score (nSPS) is 15.0. The number of fused-ring (bicyclic) bond motifs is 1. The molecular formula is C20H24N2O. The number of amides is 2. The first-order valence-electron chi connectivity index (χ1n) is 8.38. The molecular weight excluding hydrogens is 284 g/mol. The molecule has 0 saturated heterocycles. The van der Waals surface area contributed by atoms with Crippen LogP contribution in [0.25, 0.3) is 0 Å². The standard InChI is InChI=1S/C20H24N2O/c1-3-16-8-10-17(11-9-16)15(2)21-20(23)22-13-12-18-6-4-5-7-19(18)14-22/h4-11,15H,3,12-14H2,1-2H3,(H,21,23). The van der Waals surface area contributed by atoms with Gasteiger partial charge in [0.05, 0.1) is 6.04 Å². The maximum absolute atomic E-state index is 12.5. The number of nitrogens with zero attached hydrogens (tertiary/aromatic N) is 1.